The number of anilines is 2. The predicted octanol–water partition coefficient (Wildman–Crippen LogP) is 3.56. The number of carbonyl (C=O) groups is 3. The number of benzene rings is 2. The molecule has 0 aromatic heterocycles. The Hall–Kier alpha value is -2.48. The molecule has 4 heterocycles. The molecule has 4 aliphatic rings. The molecule has 2 aromatic rings. The van der Waals surface area contributed by atoms with Gasteiger partial charge in [-0.15, -0.1) is 0 Å². The molecule has 6 nitrogen and oxygen atoms in total. The van der Waals surface area contributed by atoms with Crippen molar-refractivity contribution < 1.29 is 18.8 Å². The van der Waals surface area contributed by atoms with Crippen molar-refractivity contribution in [2.24, 2.45) is 11.8 Å². The van der Waals surface area contributed by atoms with E-state index in [0.29, 0.717) is 29.2 Å². The van der Waals surface area contributed by atoms with Gasteiger partial charge in [0.1, 0.15) is 11.4 Å². The van der Waals surface area contributed by atoms with Gasteiger partial charge in [0.25, 0.3) is 0 Å². The van der Waals surface area contributed by atoms with E-state index < -0.39 is 35.0 Å². The zero-order chi connectivity index (χ0) is 21.7. The summed E-state index contributed by atoms with van der Waals surface area (Å²) in [5.74, 6) is -3.44. The second-order valence-corrected chi connectivity index (χ2v) is 9.27. The van der Waals surface area contributed by atoms with Crippen LogP contribution in [0.5, 0.6) is 0 Å². The zero-order valence-corrected chi connectivity index (χ0v) is 17.6. The van der Waals surface area contributed by atoms with Crippen LogP contribution in [0.2, 0.25) is 10.0 Å². The summed E-state index contributed by atoms with van der Waals surface area (Å²) in [6.07, 6.45) is 1.47. The summed E-state index contributed by atoms with van der Waals surface area (Å²) in [6, 6.07) is 8.36. The average molecular weight is 460 g/mol. The van der Waals surface area contributed by atoms with Gasteiger partial charge in [0.2, 0.25) is 17.7 Å². The third-order valence-corrected chi connectivity index (χ3v) is 7.64. The van der Waals surface area contributed by atoms with Crippen molar-refractivity contribution in [2.75, 3.05) is 16.8 Å². The van der Waals surface area contributed by atoms with E-state index in [9.17, 15) is 18.8 Å². The van der Waals surface area contributed by atoms with Crippen LogP contribution in [0.3, 0.4) is 0 Å². The molecular formula is C22H16Cl2FN3O3. The molecule has 31 heavy (non-hydrogen) atoms. The van der Waals surface area contributed by atoms with Gasteiger partial charge in [0.15, 0.2) is 0 Å². The largest absolute Gasteiger partial charge is 0.324 e. The number of nitrogens with one attached hydrogen (secondary N) is 1. The summed E-state index contributed by atoms with van der Waals surface area (Å²) in [5, 5.41) is 3.37. The van der Waals surface area contributed by atoms with Crippen molar-refractivity contribution in [3.05, 3.63) is 57.8 Å². The Morgan fingerprint density at radius 1 is 1.06 bits per heavy atom. The lowest BCUT2D eigenvalue weighted by Crippen LogP contribution is -2.54. The van der Waals surface area contributed by atoms with Crippen molar-refractivity contribution in [2.45, 2.75) is 24.4 Å². The van der Waals surface area contributed by atoms with Gasteiger partial charge in [-0.25, -0.2) is 9.29 Å². The molecule has 2 aromatic carbocycles. The number of carbonyl (C=O) groups excluding carboxylic acids is 3. The third-order valence-electron chi connectivity index (χ3n) is 7.11. The molecule has 0 bridgehead atoms. The van der Waals surface area contributed by atoms with Crippen LogP contribution in [0.25, 0.3) is 0 Å². The maximum absolute atomic E-state index is 14.3. The molecule has 0 radical (unpaired) electrons. The SMILES string of the molecule is O=C1[C@H]2[C@@H](C(=O)N1c1ccc(Cl)cc1Cl)[C@]1(C(=O)Nc3ccc(F)cc31)N1CCC[C@@H]21. The first kappa shape index (κ1) is 19.2. The monoisotopic (exact) mass is 459 g/mol. The molecule has 0 saturated carbocycles. The number of hydrogen-bond acceptors (Lipinski definition) is 4. The van der Waals surface area contributed by atoms with Crippen LogP contribution in [-0.2, 0) is 19.9 Å². The maximum Gasteiger partial charge on any atom is 0.250 e. The quantitative estimate of drug-likeness (QED) is 0.661. The summed E-state index contributed by atoms with van der Waals surface area (Å²) in [4.78, 5) is 43.8. The molecule has 1 N–H and O–H groups in total. The minimum Gasteiger partial charge on any atom is -0.324 e. The predicted molar refractivity (Wildman–Crippen MR) is 112 cm³/mol. The summed E-state index contributed by atoms with van der Waals surface area (Å²) in [5.41, 5.74) is -0.278. The van der Waals surface area contributed by atoms with E-state index in [4.69, 9.17) is 23.2 Å². The number of imide groups is 1. The zero-order valence-electron chi connectivity index (χ0n) is 16.1. The summed E-state index contributed by atoms with van der Waals surface area (Å²) in [6.45, 7) is 0.559. The first-order valence-corrected chi connectivity index (χ1v) is 10.8. The van der Waals surface area contributed by atoms with E-state index >= 15 is 0 Å². The highest BCUT2D eigenvalue weighted by atomic mass is 35.5. The Kier molecular flexibility index (Phi) is 3.89. The van der Waals surface area contributed by atoms with E-state index in [1.807, 2.05) is 4.90 Å². The first-order valence-electron chi connectivity index (χ1n) is 10.1. The Morgan fingerprint density at radius 2 is 1.87 bits per heavy atom. The third kappa shape index (κ3) is 2.24. The van der Waals surface area contributed by atoms with E-state index in [-0.39, 0.29) is 22.7 Å². The van der Waals surface area contributed by atoms with Gasteiger partial charge >= 0.3 is 0 Å². The van der Waals surface area contributed by atoms with Gasteiger partial charge in [-0.05, 0) is 55.8 Å². The molecule has 3 amide bonds. The molecule has 6 rings (SSSR count). The Morgan fingerprint density at radius 3 is 2.65 bits per heavy atom. The van der Waals surface area contributed by atoms with Crippen molar-refractivity contribution in [3.8, 4) is 0 Å². The van der Waals surface area contributed by atoms with Crippen molar-refractivity contribution in [1.82, 2.24) is 4.90 Å². The smallest absolute Gasteiger partial charge is 0.250 e. The minimum absolute atomic E-state index is 0.175. The molecule has 0 unspecified atom stereocenters. The van der Waals surface area contributed by atoms with Gasteiger partial charge in [0.05, 0.1) is 22.5 Å². The fraction of sp³-hybridized carbons (Fsp3) is 0.318. The highest BCUT2D eigenvalue weighted by Crippen LogP contribution is 2.61. The molecule has 3 saturated heterocycles. The second-order valence-electron chi connectivity index (χ2n) is 8.42. The molecule has 9 heteroatoms. The van der Waals surface area contributed by atoms with Crippen LogP contribution in [0.4, 0.5) is 15.8 Å². The van der Waals surface area contributed by atoms with Crippen molar-refractivity contribution in [1.29, 1.82) is 0 Å². The number of rotatable bonds is 1. The van der Waals surface area contributed by atoms with E-state index in [0.717, 1.165) is 11.3 Å². The fourth-order valence-electron chi connectivity index (χ4n) is 6.08. The molecule has 4 atom stereocenters. The molecular weight excluding hydrogens is 444 g/mol. The Labute approximate surface area is 186 Å². The lowest BCUT2D eigenvalue weighted by atomic mass is 9.75. The highest BCUT2D eigenvalue weighted by Gasteiger charge is 2.74. The average Bonchev–Trinajstić information content (AvgIpc) is 3.42. The lowest BCUT2D eigenvalue weighted by molar-refractivity contribution is -0.135. The number of halogens is 3. The molecule has 1 spiro atoms. The van der Waals surface area contributed by atoms with Crippen LogP contribution in [0, 0.1) is 17.7 Å². The Balaban J connectivity index is 1.57. The van der Waals surface area contributed by atoms with Crippen LogP contribution in [0.15, 0.2) is 36.4 Å². The van der Waals surface area contributed by atoms with Crippen LogP contribution in [-0.4, -0.2) is 35.2 Å². The molecule has 4 aliphatic heterocycles. The van der Waals surface area contributed by atoms with Gasteiger partial charge in [0, 0.05) is 22.3 Å². The normalized spacial score (nSPS) is 31.4. The second kappa shape index (κ2) is 6.28. The van der Waals surface area contributed by atoms with E-state index in [2.05, 4.69) is 5.32 Å². The first-order chi connectivity index (χ1) is 14.9. The number of fused-ring (bicyclic) bond motifs is 7. The van der Waals surface area contributed by atoms with Crippen LogP contribution < -0.4 is 10.2 Å². The van der Waals surface area contributed by atoms with Gasteiger partial charge in [-0.2, -0.15) is 0 Å². The highest BCUT2D eigenvalue weighted by molar-refractivity contribution is 6.38. The summed E-state index contributed by atoms with van der Waals surface area (Å²) >= 11 is 12.3. The standard InChI is InChI=1S/C22H16Cl2FN3O3/c23-10-3-6-15(13(24)8-10)28-19(29)17-16-2-1-7-27(16)22(18(17)20(28)30)12-9-11(25)4-5-14(12)26-21(22)31/h3-6,8-9,16-18H,1-2,7H2,(H,26,31)/t16-,17+,18-,22+/m0/s1. The van der Waals surface area contributed by atoms with Gasteiger partial charge < -0.3 is 5.32 Å². The van der Waals surface area contributed by atoms with Crippen LogP contribution >= 0.6 is 23.2 Å². The minimum atomic E-state index is -1.41. The van der Waals surface area contributed by atoms with Crippen molar-refractivity contribution >= 4 is 52.3 Å². The van der Waals surface area contributed by atoms with E-state index in [1.165, 1.54) is 30.3 Å². The van der Waals surface area contributed by atoms with E-state index in [1.54, 1.807) is 6.07 Å². The van der Waals surface area contributed by atoms with Gasteiger partial charge in [-0.3, -0.25) is 19.3 Å². The lowest BCUT2D eigenvalue weighted by Gasteiger charge is -2.36. The maximum atomic E-state index is 14.3. The number of amides is 3. The molecule has 158 valence electrons. The fourth-order valence-corrected chi connectivity index (χ4v) is 6.57. The van der Waals surface area contributed by atoms with Crippen molar-refractivity contribution in [3.63, 3.8) is 0 Å². The summed E-state index contributed by atoms with van der Waals surface area (Å²) < 4.78 is 14.3. The molecule has 3 fully saturated rings. The number of hydrogen-bond donors (Lipinski definition) is 1. The number of nitrogens with zero attached hydrogens (tertiary/aromatic N) is 2. The van der Waals surface area contributed by atoms with Gasteiger partial charge in [-0.1, -0.05) is 23.2 Å². The van der Waals surface area contributed by atoms with Crippen LogP contribution in [0.1, 0.15) is 18.4 Å². The topological polar surface area (TPSA) is 69.7 Å². The molecule has 0 aliphatic carbocycles. The Bertz CT molecular complexity index is 1200. The summed E-state index contributed by atoms with van der Waals surface area (Å²) in [7, 11) is 0.